The number of amides is 3. The van der Waals surface area contributed by atoms with Crippen molar-refractivity contribution in [2.75, 3.05) is 6.54 Å². The SMILES string of the molecule is CCC(C)C(NC(=O)C(CC(=O)O)NC(=O)C(N)C(C)O)C(=O)NC(CCCCN)C(=O)O. The van der Waals surface area contributed by atoms with Gasteiger partial charge in [0.25, 0.3) is 0 Å². The van der Waals surface area contributed by atoms with Gasteiger partial charge in [0.2, 0.25) is 17.7 Å². The van der Waals surface area contributed by atoms with E-state index >= 15 is 0 Å². The molecule has 33 heavy (non-hydrogen) atoms. The first-order valence-electron chi connectivity index (χ1n) is 10.8. The van der Waals surface area contributed by atoms with Gasteiger partial charge in [-0.15, -0.1) is 0 Å². The van der Waals surface area contributed by atoms with Crippen LogP contribution in [0.3, 0.4) is 0 Å². The van der Waals surface area contributed by atoms with Gasteiger partial charge >= 0.3 is 11.9 Å². The molecule has 6 unspecified atom stereocenters. The Balaban J connectivity index is 5.53. The van der Waals surface area contributed by atoms with E-state index in [1.54, 1.807) is 13.8 Å². The minimum Gasteiger partial charge on any atom is -0.481 e. The van der Waals surface area contributed by atoms with E-state index in [2.05, 4.69) is 16.0 Å². The quantitative estimate of drug-likeness (QED) is 0.113. The van der Waals surface area contributed by atoms with Crippen LogP contribution < -0.4 is 27.4 Å². The normalized spacial score (nSPS) is 16.4. The number of nitrogens with one attached hydrogen (secondary N) is 3. The third-order valence-electron chi connectivity index (χ3n) is 5.19. The largest absolute Gasteiger partial charge is 0.481 e. The first kappa shape index (κ1) is 30.2. The van der Waals surface area contributed by atoms with Gasteiger partial charge in [-0.1, -0.05) is 20.3 Å². The summed E-state index contributed by atoms with van der Waals surface area (Å²) in [5, 5.41) is 34.9. The smallest absolute Gasteiger partial charge is 0.326 e. The number of rotatable bonds is 16. The number of carbonyl (C=O) groups excluding carboxylic acids is 3. The molecule has 0 aromatic rings. The van der Waals surface area contributed by atoms with Crippen molar-refractivity contribution < 1.29 is 39.3 Å². The Bertz CT molecular complexity index is 687. The number of aliphatic hydroxyl groups excluding tert-OH is 1. The molecule has 0 aliphatic rings. The third kappa shape index (κ3) is 11.1. The Hall–Kier alpha value is -2.77. The highest BCUT2D eigenvalue weighted by Crippen LogP contribution is 2.11. The molecule has 0 heterocycles. The lowest BCUT2D eigenvalue weighted by atomic mass is 9.97. The van der Waals surface area contributed by atoms with E-state index < -0.39 is 72.3 Å². The van der Waals surface area contributed by atoms with Gasteiger partial charge < -0.3 is 42.7 Å². The highest BCUT2D eigenvalue weighted by atomic mass is 16.4. The Morgan fingerprint density at radius 1 is 0.879 bits per heavy atom. The van der Waals surface area contributed by atoms with Crippen molar-refractivity contribution >= 4 is 29.7 Å². The molecule has 0 saturated carbocycles. The van der Waals surface area contributed by atoms with Crippen LogP contribution >= 0.6 is 0 Å². The molecule has 13 nitrogen and oxygen atoms in total. The summed E-state index contributed by atoms with van der Waals surface area (Å²) in [6, 6.07) is -5.34. The van der Waals surface area contributed by atoms with Crippen LogP contribution in [0.15, 0.2) is 0 Å². The number of aliphatic carboxylic acids is 2. The fraction of sp³-hybridized carbons (Fsp3) is 0.750. The molecule has 0 fully saturated rings. The standard InChI is InChI=1S/C20H37N5O8/c1-4-10(2)16(19(31)23-12(20(32)33)7-5-6-8-21)25-17(29)13(9-14(27)28)24-18(30)15(22)11(3)26/h10-13,15-16,26H,4-9,21-22H2,1-3H3,(H,23,31)(H,24,30)(H,25,29)(H,27,28)(H,32,33). The molecule has 0 aliphatic heterocycles. The molecule has 0 aromatic heterocycles. The van der Waals surface area contributed by atoms with Crippen molar-refractivity contribution in [1.82, 2.24) is 16.0 Å². The molecule has 6 atom stereocenters. The molecular formula is C20H37N5O8. The molecule has 0 spiro atoms. The van der Waals surface area contributed by atoms with Crippen LogP contribution in [0.5, 0.6) is 0 Å². The average Bonchev–Trinajstić information content (AvgIpc) is 2.74. The van der Waals surface area contributed by atoms with Crippen LogP contribution in [-0.4, -0.2) is 81.8 Å². The van der Waals surface area contributed by atoms with Gasteiger partial charge in [0.1, 0.15) is 24.2 Å². The summed E-state index contributed by atoms with van der Waals surface area (Å²) in [5.74, 6) is -5.72. The summed E-state index contributed by atoms with van der Waals surface area (Å²) in [5.41, 5.74) is 10.9. The number of carboxylic acid groups (broad SMARTS) is 2. The second kappa shape index (κ2) is 15.1. The van der Waals surface area contributed by atoms with Gasteiger partial charge in [-0.05, 0) is 38.6 Å². The lowest BCUT2D eigenvalue weighted by Gasteiger charge is -2.28. The zero-order valence-electron chi connectivity index (χ0n) is 19.2. The topological polar surface area (TPSA) is 234 Å². The molecule has 0 rings (SSSR count). The Morgan fingerprint density at radius 3 is 1.91 bits per heavy atom. The van der Waals surface area contributed by atoms with E-state index in [0.717, 1.165) is 0 Å². The lowest BCUT2D eigenvalue weighted by molar-refractivity contribution is -0.143. The predicted octanol–water partition coefficient (Wildman–Crippen LogP) is -2.12. The Labute approximate surface area is 192 Å². The number of carboxylic acids is 2. The van der Waals surface area contributed by atoms with E-state index in [-0.39, 0.29) is 6.42 Å². The van der Waals surface area contributed by atoms with Gasteiger partial charge in [-0.25, -0.2) is 4.79 Å². The van der Waals surface area contributed by atoms with Crippen LogP contribution in [0.1, 0.15) is 52.9 Å². The number of carbonyl (C=O) groups is 5. The Morgan fingerprint density at radius 2 is 1.45 bits per heavy atom. The number of nitrogens with two attached hydrogens (primary N) is 2. The van der Waals surface area contributed by atoms with E-state index in [1.165, 1.54) is 6.92 Å². The molecule has 190 valence electrons. The van der Waals surface area contributed by atoms with E-state index in [9.17, 15) is 34.2 Å². The van der Waals surface area contributed by atoms with Crippen LogP contribution in [0, 0.1) is 5.92 Å². The van der Waals surface area contributed by atoms with E-state index in [4.69, 9.17) is 16.6 Å². The zero-order valence-corrected chi connectivity index (χ0v) is 19.2. The third-order valence-corrected chi connectivity index (χ3v) is 5.19. The maximum absolute atomic E-state index is 12.8. The van der Waals surface area contributed by atoms with Crippen molar-refractivity contribution in [3.63, 3.8) is 0 Å². The first-order chi connectivity index (χ1) is 15.3. The molecule has 0 bridgehead atoms. The average molecular weight is 476 g/mol. The molecule has 3 amide bonds. The molecule has 0 saturated heterocycles. The van der Waals surface area contributed by atoms with Crippen molar-refractivity contribution in [2.24, 2.45) is 17.4 Å². The van der Waals surface area contributed by atoms with Crippen LogP contribution in [0.25, 0.3) is 0 Å². The maximum atomic E-state index is 12.8. The molecule has 0 aromatic carbocycles. The molecular weight excluding hydrogens is 438 g/mol. The molecule has 13 heteroatoms. The van der Waals surface area contributed by atoms with Crippen molar-refractivity contribution in [3.05, 3.63) is 0 Å². The van der Waals surface area contributed by atoms with Gasteiger partial charge in [0.05, 0.1) is 12.5 Å². The minimum absolute atomic E-state index is 0.147. The summed E-state index contributed by atoms with van der Waals surface area (Å²) < 4.78 is 0. The maximum Gasteiger partial charge on any atom is 0.326 e. The fourth-order valence-corrected chi connectivity index (χ4v) is 2.84. The summed E-state index contributed by atoms with van der Waals surface area (Å²) in [7, 11) is 0. The van der Waals surface area contributed by atoms with Crippen LogP contribution in [0.2, 0.25) is 0 Å². The summed E-state index contributed by atoms with van der Waals surface area (Å²) in [4.78, 5) is 60.4. The van der Waals surface area contributed by atoms with E-state index in [0.29, 0.717) is 25.8 Å². The van der Waals surface area contributed by atoms with Gasteiger partial charge in [0.15, 0.2) is 0 Å². The molecule has 0 radical (unpaired) electrons. The first-order valence-corrected chi connectivity index (χ1v) is 10.8. The van der Waals surface area contributed by atoms with Crippen molar-refractivity contribution in [3.8, 4) is 0 Å². The number of hydrogen-bond acceptors (Lipinski definition) is 8. The summed E-state index contributed by atoms with van der Waals surface area (Å²) in [6.45, 7) is 5.04. The van der Waals surface area contributed by atoms with Crippen LogP contribution in [0.4, 0.5) is 0 Å². The van der Waals surface area contributed by atoms with E-state index in [1.807, 2.05) is 0 Å². The second-order valence-electron chi connectivity index (χ2n) is 7.98. The lowest BCUT2D eigenvalue weighted by Crippen LogP contribution is -2.59. The summed E-state index contributed by atoms with van der Waals surface area (Å²) >= 11 is 0. The van der Waals surface area contributed by atoms with Crippen molar-refractivity contribution in [1.29, 1.82) is 0 Å². The molecule has 10 N–H and O–H groups in total. The number of hydrogen-bond donors (Lipinski definition) is 8. The van der Waals surface area contributed by atoms with Gasteiger partial charge in [-0.3, -0.25) is 19.2 Å². The fourth-order valence-electron chi connectivity index (χ4n) is 2.84. The summed E-state index contributed by atoms with van der Waals surface area (Å²) in [6.07, 6.45) is -0.402. The highest BCUT2D eigenvalue weighted by molar-refractivity contribution is 5.95. The van der Waals surface area contributed by atoms with Crippen molar-refractivity contribution in [2.45, 2.75) is 83.1 Å². The highest BCUT2D eigenvalue weighted by Gasteiger charge is 2.33. The van der Waals surface area contributed by atoms with Crippen LogP contribution in [-0.2, 0) is 24.0 Å². The monoisotopic (exact) mass is 475 g/mol. The van der Waals surface area contributed by atoms with Gasteiger partial charge in [-0.2, -0.15) is 0 Å². The number of aliphatic hydroxyl groups is 1. The minimum atomic E-state index is -1.57. The van der Waals surface area contributed by atoms with Gasteiger partial charge in [0, 0.05) is 0 Å². The Kier molecular flexibility index (Phi) is 13.9. The zero-order chi connectivity index (χ0) is 25.7. The number of unbranched alkanes of at least 4 members (excludes halogenated alkanes) is 1. The predicted molar refractivity (Wildman–Crippen MR) is 118 cm³/mol. The molecule has 0 aliphatic carbocycles. The second-order valence-corrected chi connectivity index (χ2v) is 7.98.